The summed E-state index contributed by atoms with van der Waals surface area (Å²) in [7, 11) is 0. The van der Waals surface area contributed by atoms with Gasteiger partial charge in [0.25, 0.3) is 5.91 Å². The first kappa shape index (κ1) is 17.0. The summed E-state index contributed by atoms with van der Waals surface area (Å²) in [5, 5.41) is 11.9. The molecule has 1 atom stereocenters. The van der Waals surface area contributed by atoms with Gasteiger partial charge in [-0.25, -0.2) is 4.79 Å². The van der Waals surface area contributed by atoms with Crippen molar-refractivity contribution in [3.63, 3.8) is 0 Å². The molecule has 5 heteroatoms. The van der Waals surface area contributed by atoms with Crippen LogP contribution < -0.4 is 10.1 Å². The zero-order chi connectivity index (χ0) is 16.0. The molecule has 0 aliphatic carbocycles. The van der Waals surface area contributed by atoms with E-state index in [4.69, 9.17) is 9.84 Å². The van der Waals surface area contributed by atoms with Crippen LogP contribution in [0.4, 0.5) is 0 Å². The van der Waals surface area contributed by atoms with Crippen LogP contribution in [0.2, 0.25) is 0 Å². The average Bonchev–Trinajstić information content (AvgIpc) is 2.39. The molecule has 5 nitrogen and oxygen atoms in total. The summed E-state index contributed by atoms with van der Waals surface area (Å²) in [6.07, 6.45) is 0.154. The van der Waals surface area contributed by atoms with E-state index in [9.17, 15) is 9.59 Å². The fourth-order valence-electron chi connectivity index (χ4n) is 1.79. The monoisotopic (exact) mass is 293 g/mol. The first-order valence-corrected chi connectivity index (χ1v) is 7.09. The van der Waals surface area contributed by atoms with Crippen LogP contribution in [0.25, 0.3) is 0 Å². The quantitative estimate of drug-likeness (QED) is 0.810. The van der Waals surface area contributed by atoms with E-state index in [2.05, 4.69) is 19.2 Å². The number of hydrogen-bond acceptors (Lipinski definition) is 3. The van der Waals surface area contributed by atoms with Gasteiger partial charge in [0.1, 0.15) is 11.3 Å². The Bertz CT molecular complexity index is 511. The van der Waals surface area contributed by atoms with Crippen LogP contribution >= 0.6 is 0 Å². The van der Waals surface area contributed by atoms with Crippen LogP contribution in [0.1, 0.15) is 43.1 Å². The van der Waals surface area contributed by atoms with E-state index >= 15 is 0 Å². The molecule has 2 N–H and O–H groups in total. The number of nitrogens with one attached hydrogen (secondary N) is 1. The highest BCUT2D eigenvalue weighted by atomic mass is 16.5. The predicted molar refractivity (Wildman–Crippen MR) is 80.7 cm³/mol. The molecule has 0 radical (unpaired) electrons. The molecule has 0 heterocycles. The molecule has 0 bridgehead atoms. The number of carboxylic acid groups (broad SMARTS) is 1. The van der Waals surface area contributed by atoms with Crippen molar-refractivity contribution in [2.45, 2.75) is 40.2 Å². The SMILES string of the molecule is Cc1ccc(OC(C)C(=O)NCCC(C)C)c(C(=O)O)c1. The third-order valence-electron chi connectivity index (χ3n) is 3.06. The molecule has 1 amide bonds. The zero-order valence-electron chi connectivity index (χ0n) is 13.0. The van der Waals surface area contributed by atoms with Crippen molar-refractivity contribution >= 4 is 11.9 Å². The highest BCUT2D eigenvalue weighted by Crippen LogP contribution is 2.21. The summed E-state index contributed by atoms with van der Waals surface area (Å²) in [6, 6.07) is 4.86. The number of carboxylic acids is 1. The number of amides is 1. The molecule has 0 aliphatic rings. The fraction of sp³-hybridized carbons (Fsp3) is 0.500. The Morgan fingerprint density at radius 2 is 1.95 bits per heavy atom. The van der Waals surface area contributed by atoms with E-state index < -0.39 is 12.1 Å². The van der Waals surface area contributed by atoms with E-state index in [1.807, 2.05) is 0 Å². The van der Waals surface area contributed by atoms with E-state index in [-0.39, 0.29) is 17.2 Å². The van der Waals surface area contributed by atoms with Crippen LogP contribution in [-0.2, 0) is 4.79 Å². The predicted octanol–water partition coefficient (Wildman–Crippen LogP) is 2.62. The van der Waals surface area contributed by atoms with Crippen molar-refractivity contribution in [1.82, 2.24) is 5.32 Å². The first-order chi connectivity index (χ1) is 9.81. The first-order valence-electron chi connectivity index (χ1n) is 7.09. The number of rotatable bonds is 7. The Kier molecular flexibility index (Phi) is 6.21. The third kappa shape index (κ3) is 5.45. The Labute approximate surface area is 125 Å². The van der Waals surface area contributed by atoms with E-state index in [1.54, 1.807) is 26.0 Å². The van der Waals surface area contributed by atoms with Crippen LogP contribution in [-0.4, -0.2) is 29.6 Å². The standard InChI is InChI=1S/C16H23NO4/c1-10(2)7-8-17-15(18)12(4)21-14-6-5-11(3)9-13(14)16(19)20/h5-6,9-10,12H,7-8H2,1-4H3,(H,17,18)(H,19,20). The number of aromatic carboxylic acids is 1. The minimum absolute atomic E-state index is 0.0665. The highest BCUT2D eigenvalue weighted by Gasteiger charge is 2.18. The van der Waals surface area contributed by atoms with Crippen molar-refractivity contribution in [2.24, 2.45) is 5.92 Å². The summed E-state index contributed by atoms with van der Waals surface area (Å²) >= 11 is 0. The molecule has 116 valence electrons. The van der Waals surface area contributed by atoms with Crippen molar-refractivity contribution in [3.8, 4) is 5.75 Å². The molecule has 0 saturated carbocycles. The smallest absolute Gasteiger partial charge is 0.339 e. The summed E-state index contributed by atoms with van der Waals surface area (Å²) in [6.45, 7) is 8.16. The molecule has 0 aromatic heterocycles. The van der Waals surface area contributed by atoms with Gasteiger partial charge >= 0.3 is 5.97 Å². The van der Waals surface area contributed by atoms with Crippen LogP contribution in [0.5, 0.6) is 5.75 Å². The van der Waals surface area contributed by atoms with Crippen LogP contribution in [0.3, 0.4) is 0 Å². The minimum atomic E-state index is -1.07. The Balaban J connectivity index is 2.68. The molecule has 21 heavy (non-hydrogen) atoms. The van der Waals surface area contributed by atoms with E-state index in [0.717, 1.165) is 12.0 Å². The highest BCUT2D eigenvalue weighted by molar-refractivity contribution is 5.91. The lowest BCUT2D eigenvalue weighted by molar-refractivity contribution is -0.127. The van der Waals surface area contributed by atoms with Gasteiger partial charge < -0.3 is 15.2 Å². The van der Waals surface area contributed by atoms with Crippen molar-refractivity contribution in [3.05, 3.63) is 29.3 Å². The summed E-state index contributed by atoms with van der Waals surface area (Å²) in [4.78, 5) is 23.1. The van der Waals surface area contributed by atoms with Gasteiger partial charge in [-0.2, -0.15) is 0 Å². The number of hydrogen-bond donors (Lipinski definition) is 2. The second kappa shape index (κ2) is 7.67. The van der Waals surface area contributed by atoms with Gasteiger partial charge in [0, 0.05) is 6.54 Å². The van der Waals surface area contributed by atoms with Crippen LogP contribution in [0.15, 0.2) is 18.2 Å². The lowest BCUT2D eigenvalue weighted by Gasteiger charge is -2.17. The van der Waals surface area contributed by atoms with Crippen molar-refractivity contribution in [1.29, 1.82) is 0 Å². The molecule has 0 aliphatic heterocycles. The van der Waals surface area contributed by atoms with Crippen LogP contribution in [0, 0.1) is 12.8 Å². The van der Waals surface area contributed by atoms with Crippen molar-refractivity contribution < 1.29 is 19.4 Å². The lowest BCUT2D eigenvalue weighted by Crippen LogP contribution is -2.37. The van der Waals surface area contributed by atoms with E-state index in [1.165, 1.54) is 6.07 Å². The zero-order valence-corrected chi connectivity index (χ0v) is 13.0. The maximum atomic E-state index is 11.9. The summed E-state index contributed by atoms with van der Waals surface area (Å²) < 4.78 is 5.49. The normalized spacial score (nSPS) is 12.0. The average molecular weight is 293 g/mol. The number of benzene rings is 1. The molecule has 0 fully saturated rings. The maximum absolute atomic E-state index is 11.9. The largest absolute Gasteiger partial charge is 0.480 e. The molecule has 1 aromatic rings. The maximum Gasteiger partial charge on any atom is 0.339 e. The number of ether oxygens (including phenoxy) is 1. The van der Waals surface area contributed by atoms with Gasteiger partial charge in [0.2, 0.25) is 0 Å². The Morgan fingerprint density at radius 3 is 2.52 bits per heavy atom. The molecule has 0 spiro atoms. The number of aryl methyl sites for hydroxylation is 1. The minimum Gasteiger partial charge on any atom is -0.480 e. The van der Waals surface area contributed by atoms with Gasteiger partial charge in [-0.1, -0.05) is 25.5 Å². The Hall–Kier alpha value is -2.04. The Morgan fingerprint density at radius 1 is 1.29 bits per heavy atom. The second-order valence-electron chi connectivity index (χ2n) is 5.54. The van der Waals surface area contributed by atoms with Gasteiger partial charge in [0.15, 0.2) is 6.10 Å². The lowest BCUT2D eigenvalue weighted by atomic mass is 10.1. The van der Waals surface area contributed by atoms with E-state index in [0.29, 0.717) is 12.5 Å². The molecule has 1 rings (SSSR count). The van der Waals surface area contributed by atoms with Gasteiger partial charge in [-0.05, 0) is 38.3 Å². The molecule has 1 unspecified atom stereocenters. The summed E-state index contributed by atoms with van der Waals surface area (Å²) in [5.41, 5.74) is 0.894. The third-order valence-corrected chi connectivity index (χ3v) is 3.06. The molecular weight excluding hydrogens is 270 g/mol. The van der Waals surface area contributed by atoms with Gasteiger partial charge in [-0.3, -0.25) is 4.79 Å². The molecule has 0 saturated heterocycles. The molecule has 1 aromatic carbocycles. The second-order valence-corrected chi connectivity index (χ2v) is 5.54. The topological polar surface area (TPSA) is 75.6 Å². The van der Waals surface area contributed by atoms with Gasteiger partial charge in [0.05, 0.1) is 0 Å². The summed E-state index contributed by atoms with van der Waals surface area (Å²) in [5.74, 6) is -0.592. The molecular formula is C16H23NO4. The fourth-order valence-corrected chi connectivity index (χ4v) is 1.79. The number of carbonyl (C=O) groups excluding carboxylic acids is 1. The van der Waals surface area contributed by atoms with Gasteiger partial charge in [-0.15, -0.1) is 0 Å². The number of carbonyl (C=O) groups is 2. The van der Waals surface area contributed by atoms with Crippen molar-refractivity contribution in [2.75, 3.05) is 6.54 Å².